The molecule has 2 bridgehead atoms. The zero-order valence-electron chi connectivity index (χ0n) is 10.0. The number of hydrogen-bond acceptors (Lipinski definition) is 6. The molecule has 1 aliphatic heterocycles. The molecule has 1 saturated heterocycles. The smallest absolute Gasteiger partial charge is 0.310 e. The number of rotatable bonds is 4. The second-order valence-corrected chi connectivity index (χ2v) is 8.05. The van der Waals surface area contributed by atoms with Gasteiger partial charge in [0.15, 0.2) is 5.12 Å². The van der Waals surface area contributed by atoms with E-state index in [0.29, 0.717) is 0 Å². The number of ether oxygens (including phenoxy) is 1. The van der Waals surface area contributed by atoms with E-state index in [-0.39, 0.29) is 46.6 Å². The molecule has 19 heavy (non-hydrogen) atoms. The molecule has 0 spiro atoms. The average Bonchev–Trinajstić information content (AvgIpc) is 2.86. The van der Waals surface area contributed by atoms with Crippen molar-refractivity contribution in [3.8, 4) is 0 Å². The van der Waals surface area contributed by atoms with Crippen LogP contribution < -0.4 is 0 Å². The van der Waals surface area contributed by atoms with E-state index in [0.717, 1.165) is 24.6 Å². The Morgan fingerprint density at radius 3 is 2.84 bits per heavy atom. The van der Waals surface area contributed by atoms with Crippen LogP contribution in [0, 0.1) is 23.7 Å². The van der Waals surface area contributed by atoms with Crippen molar-refractivity contribution in [2.45, 2.75) is 18.9 Å². The lowest BCUT2D eigenvalue weighted by molar-refractivity contribution is -0.144. The Morgan fingerprint density at radius 1 is 1.42 bits per heavy atom. The van der Waals surface area contributed by atoms with E-state index >= 15 is 0 Å². The third kappa shape index (κ3) is 2.30. The molecular weight excluding hydrogens is 292 g/mol. The van der Waals surface area contributed by atoms with Crippen molar-refractivity contribution in [3.63, 3.8) is 0 Å². The van der Waals surface area contributed by atoms with Gasteiger partial charge in [0.1, 0.15) is 6.10 Å². The van der Waals surface area contributed by atoms with Crippen LogP contribution in [-0.4, -0.2) is 41.7 Å². The first-order valence-corrected chi connectivity index (χ1v) is 8.78. The van der Waals surface area contributed by atoms with Gasteiger partial charge in [-0.2, -0.15) is 8.42 Å². The molecule has 0 aromatic heterocycles. The van der Waals surface area contributed by atoms with Gasteiger partial charge in [-0.25, -0.2) is 0 Å². The third-order valence-corrected chi connectivity index (χ3v) is 6.28. The molecule has 5 atom stereocenters. The summed E-state index contributed by atoms with van der Waals surface area (Å²) in [6, 6.07) is 0. The fraction of sp³-hybridized carbons (Fsp3) is 0.818. The van der Waals surface area contributed by atoms with Gasteiger partial charge in [-0.3, -0.25) is 14.1 Å². The molecule has 2 saturated carbocycles. The summed E-state index contributed by atoms with van der Waals surface area (Å²) in [6.45, 7) is 0. The zero-order valence-corrected chi connectivity index (χ0v) is 11.7. The minimum atomic E-state index is -4.04. The molecule has 0 aromatic rings. The van der Waals surface area contributed by atoms with Crippen LogP contribution in [0.25, 0.3) is 0 Å². The quantitative estimate of drug-likeness (QED) is 0.590. The number of fused-ring (bicyclic) bond motifs is 1. The van der Waals surface area contributed by atoms with Crippen molar-refractivity contribution in [1.82, 2.24) is 0 Å². The van der Waals surface area contributed by atoms with Crippen LogP contribution in [0.1, 0.15) is 12.8 Å². The summed E-state index contributed by atoms with van der Waals surface area (Å²) in [5.74, 6) is -0.981. The molecular formula is C11H14O6S2. The largest absolute Gasteiger partial charge is 0.462 e. The Bertz CT molecular complexity index is 525. The van der Waals surface area contributed by atoms with Crippen LogP contribution in [0.4, 0.5) is 0 Å². The molecule has 2 aliphatic carbocycles. The van der Waals surface area contributed by atoms with Gasteiger partial charge in [-0.1, -0.05) is 11.8 Å². The van der Waals surface area contributed by atoms with Crippen molar-refractivity contribution < 1.29 is 27.3 Å². The van der Waals surface area contributed by atoms with Gasteiger partial charge in [-0.15, -0.1) is 0 Å². The fourth-order valence-corrected chi connectivity index (χ4v) is 5.58. The lowest BCUT2D eigenvalue weighted by Crippen LogP contribution is -2.31. The van der Waals surface area contributed by atoms with Crippen molar-refractivity contribution in [2.75, 3.05) is 11.5 Å². The molecule has 3 aliphatic rings. The van der Waals surface area contributed by atoms with Gasteiger partial charge in [0.05, 0.1) is 11.7 Å². The summed E-state index contributed by atoms with van der Waals surface area (Å²) >= 11 is 0.894. The maximum atomic E-state index is 12.1. The molecule has 1 N–H and O–H groups in total. The summed E-state index contributed by atoms with van der Waals surface area (Å²) in [7, 11) is -4.04. The Hall–Kier alpha value is -0.600. The molecule has 8 heteroatoms. The molecule has 6 nitrogen and oxygen atoms in total. The topological polar surface area (TPSA) is 97.7 Å². The molecule has 0 radical (unpaired) electrons. The summed E-state index contributed by atoms with van der Waals surface area (Å²) in [6.07, 6.45) is 1.60. The first kappa shape index (κ1) is 13.4. The maximum Gasteiger partial charge on any atom is 0.310 e. The Kier molecular flexibility index (Phi) is 3.14. The molecule has 0 aromatic carbocycles. The highest BCUT2D eigenvalue weighted by atomic mass is 32.2. The third-order valence-electron chi connectivity index (χ3n) is 4.34. The Labute approximate surface area is 115 Å². The summed E-state index contributed by atoms with van der Waals surface area (Å²) in [5, 5.41) is -0.140. The first-order valence-electron chi connectivity index (χ1n) is 6.19. The van der Waals surface area contributed by atoms with Crippen molar-refractivity contribution >= 4 is 33.0 Å². The van der Waals surface area contributed by atoms with E-state index in [4.69, 9.17) is 9.29 Å². The van der Waals surface area contributed by atoms with Gasteiger partial charge in [0, 0.05) is 17.6 Å². The predicted molar refractivity (Wildman–Crippen MR) is 67.0 cm³/mol. The molecule has 3 fully saturated rings. The molecule has 1 heterocycles. The maximum absolute atomic E-state index is 12.1. The Balaban J connectivity index is 1.63. The van der Waals surface area contributed by atoms with Crippen LogP contribution in [0.2, 0.25) is 0 Å². The van der Waals surface area contributed by atoms with E-state index in [9.17, 15) is 18.0 Å². The van der Waals surface area contributed by atoms with Crippen molar-refractivity contribution in [3.05, 3.63) is 0 Å². The van der Waals surface area contributed by atoms with Crippen molar-refractivity contribution in [2.24, 2.45) is 23.7 Å². The SMILES string of the molecule is O=C(SCCS(=O)(=O)O)C1C2CC3OC(=O)C1C3C2. The highest BCUT2D eigenvalue weighted by molar-refractivity contribution is 8.14. The van der Waals surface area contributed by atoms with Crippen LogP contribution >= 0.6 is 11.8 Å². The minimum Gasteiger partial charge on any atom is -0.462 e. The highest BCUT2D eigenvalue weighted by Crippen LogP contribution is 2.58. The number of carbonyl (C=O) groups excluding carboxylic acids is 2. The fourth-order valence-electron chi connectivity index (χ4n) is 3.67. The van der Waals surface area contributed by atoms with Crippen LogP contribution in [0.5, 0.6) is 0 Å². The number of thioether (sulfide) groups is 1. The molecule has 0 amide bonds. The van der Waals surface area contributed by atoms with Gasteiger partial charge in [0.25, 0.3) is 10.1 Å². The van der Waals surface area contributed by atoms with Gasteiger partial charge in [0.2, 0.25) is 0 Å². The lowest BCUT2D eigenvalue weighted by Gasteiger charge is -2.22. The van der Waals surface area contributed by atoms with Crippen LogP contribution in [-0.2, 0) is 24.4 Å². The number of carbonyl (C=O) groups is 2. The first-order chi connectivity index (χ1) is 8.87. The zero-order chi connectivity index (χ0) is 13.8. The summed E-state index contributed by atoms with van der Waals surface area (Å²) in [5.41, 5.74) is 0. The lowest BCUT2D eigenvalue weighted by atomic mass is 9.81. The van der Waals surface area contributed by atoms with Gasteiger partial charge in [-0.05, 0) is 18.8 Å². The second kappa shape index (κ2) is 4.46. The van der Waals surface area contributed by atoms with Crippen LogP contribution in [0.15, 0.2) is 0 Å². The van der Waals surface area contributed by atoms with E-state index in [1.807, 2.05) is 0 Å². The van der Waals surface area contributed by atoms with E-state index in [1.165, 1.54) is 0 Å². The summed E-state index contributed by atoms with van der Waals surface area (Å²) < 4.78 is 35.1. The van der Waals surface area contributed by atoms with E-state index in [2.05, 4.69) is 0 Å². The van der Waals surface area contributed by atoms with E-state index in [1.54, 1.807) is 0 Å². The standard InChI is InChI=1S/C11H14O6S2/c12-10-9-6-3-5(4-7(6)17-10)8(9)11(13)18-1-2-19(14,15)16/h5-9H,1-4H2,(H,14,15,16). The highest BCUT2D eigenvalue weighted by Gasteiger charge is 2.63. The Morgan fingerprint density at radius 2 is 2.16 bits per heavy atom. The summed E-state index contributed by atoms with van der Waals surface area (Å²) in [4.78, 5) is 23.9. The number of esters is 1. The second-order valence-electron chi connectivity index (χ2n) is 5.38. The predicted octanol–water partition coefficient (Wildman–Crippen LogP) is 0.332. The average molecular weight is 306 g/mol. The molecule has 5 unspecified atom stereocenters. The molecule has 106 valence electrons. The normalized spacial score (nSPS) is 39.6. The molecule has 3 rings (SSSR count). The van der Waals surface area contributed by atoms with Crippen LogP contribution in [0.3, 0.4) is 0 Å². The minimum absolute atomic E-state index is 0.00521. The van der Waals surface area contributed by atoms with Gasteiger partial charge >= 0.3 is 5.97 Å². The number of hydrogen-bond donors (Lipinski definition) is 1. The monoisotopic (exact) mass is 306 g/mol. The van der Waals surface area contributed by atoms with Gasteiger partial charge < -0.3 is 4.74 Å². The van der Waals surface area contributed by atoms with Crippen molar-refractivity contribution in [1.29, 1.82) is 0 Å². The van der Waals surface area contributed by atoms with E-state index < -0.39 is 15.9 Å².